The first kappa shape index (κ1) is 21.1. The molecule has 0 unspecified atom stereocenters. The van der Waals surface area contributed by atoms with Crippen molar-refractivity contribution < 1.29 is 9.72 Å². The number of nitrogens with zero attached hydrogens (tertiary/aromatic N) is 4. The van der Waals surface area contributed by atoms with E-state index in [9.17, 15) is 14.9 Å². The maximum Gasteiger partial charge on any atom is 0.269 e. The van der Waals surface area contributed by atoms with Gasteiger partial charge in [-0.15, -0.1) is 0 Å². The Kier molecular flexibility index (Phi) is 6.24. The number of non-ortho nitro benzene ring substituents is 1. The quantitative estimate of drug-likeness (QED) is 0.564. The van der Waals surface area contributed by atoms with Crippen molar-refractivity contribution in [1.29, 1.82) is 0 Å². The molecule has 2 heterocycles. The number of benzene rings is 1. The summed E-state index contributed by atoms with van der Waals surface area (Å²) in [5.74, 6) is -0.122. The number of hydrogen-bond donors (Lipinski definition) is 1. The number of rotatable bonds is 6. The molecule has 1 N–H and O–H groups in total. The van der Waals surface area contributed by atoms with Gasteiger partial charge in [-0.05, 0) is 45.0 Å². The smallest absolute Gasteiger partial charge is 0.269 e. The Balaban J connectivity index is 1.58. The second kappa shape index (κ2) is 8.89. The number of nitrogens with one attached hydrogen (secondary N) is 1. The predicted molar refractivity (Wildman–Crippen MR) is 117 cm³/mol. The molecule has 0 bridgehead atoms. The maximum atomic E-state index is 13.2. The minimum Gasteiger partial charge on any atom is -0.365 e. The Morgan fingerprint density at radius 1 is 1.27 bits per heavy atom. The highest BCUT2D eigenvalue weighted by atomic mass is 16.6. The molecular weight excluding hydrogens is 382 g/mol. The van der Waals surface area contributed by atoms with E-state index in [1.54, 1.807) is 12.1 Å². The number of fused-ring (bicyclic) bond motifs is 3. The highest BCUT2D eigenvalue weighted by Gasteiger charge is 2.43. The van der Waals surface area contributed by atoms with Crippen LogP contribution >= 0.6 is 0 Å². The zero-order valence-corrected chi connectivity index (χ0v) is 18.0. The molecule has 3 aliphatic rings. The number of hydrogen-bond acceptors (Lipinski definition) is 6. The fourth-order valence-electron chi connectivity index (χ4n) is 5.38. The van der Waals surface area contributed by atoms with Crippen LogP contribution in [-0.2, 0) is 11.2 Å². The lowest BCUT2D eigenvalue weighted by atomic mass is 9.83. The van der Waals surface area contributed by atoms with Gasteiger partial charge in [0.1, 0.15) is 0 Å². The van der Waals surface area contributed by atoms with Crippen LogP contribution in [0.4, 0.5) is 11.4 Å². The molecule has 2 atom stereocenters. The summed E-state index contributed by atoms with van der Waals surface area (Å²) in [7, 11) is 3.98. The Morgan fingerprint density at radius 3 is 2.73 bits per heavy atom. The minimum absolute atomic E-state index is 0.0669. The highest BCUT2D eigenvalue weighted by Crippen LogP contribution is 2.39. The third kappa shape index (κ3) is 4.30. The molecule has 1 aliphatic carbocycles. The molecule has 8 nitrogen and oxygen atoms in total. The van der Waals surface area contributed by atoms with Gasteiger partial charge in [-0.25, -0.2) is 0 Å². The van der Waals surface area contributed by atoms with Gasteiger partial charge < -0.3 is 15.1 Å². The SMILES string of the molecule is CN(C)CCNC(=O)[C@H]1Cc2cc([N+](=O)[O-])ccc2N2CCN(C3CCCC3)C[C@H]12. The molecule has 1 aromatic rings. The first-order chi connectivity index (χ1) is 14.4. The lowest BCUT2D eigenvalue weighted by Gasteiger charge is -2.50. The molecule has 1 aromatic carbocycles. The summed E-state index contributed by atoms with van der Waals surface area (Å²) in [4.78, 5) is 31.1. The second-order valence-corrected chi connectivity index (χ2v) is 9.17. The number of nitro groups is 1. The lowest BCUT2D eigenvalue weighted by Crippen LogP contribution is -2.62. The first-order valence-corrected chi connectivity index (χ1v) is 11.1. The normalized spacial score (nSPS) is 24.6. The summed E-state index contributed by atoms with van der Waals surface area (Å²) in [5, 5.41) is 14.4. The topological polar surface area (TPSA) is 82.0 Å². The largest absolute Gasteiger partial charge is 0.365 e. The number of nitro benzene ring substituents is 1. The molecule has 30 heavy (non-hydrogen) atoms. The van der Waals surface area contributed by atoms with Gasteiger partial charge in [-0.1, -0.05) is 12.8 Å². The molecule has 8 heteroatoms. The van der Waals surface area contributed by atoms with Crippen molar-refractivity contribution in [3.8, 4) is 0 Å². The standard InChI is InChI=1S/C22H33N5O3/c1-24(2)10-9-23-22(28)19-14-16-13-18(27(29)30)7-8-20(16)26-12-11-25(15-21(19)26)17-5-3-4-6-17/h7-8,13,17,19,21H,3-6,9-12,14-15H2,1-2H3,(H,23,28)/t19-,21+/m0/s1. The van der Waals surface area contributed by atoms with Crippen molar-refractivity contribution >= 4 is 17.3 Å². The number of amides is 1. The molecule has 2 fully saturated rings. The highest BCUT2D eigenvalue weighted by molar-refractivity contribution is 5.82. The monoisotopic (exact) mass is 415 g/mol. The van der Waals surface area contributed by atoms with Crippen LogP contribution in [0.5, 0.6) is 0 Å². The van der Waals surface area contributed by atoms with Crippen LogP contribution in [0.1, 0.15) is 31.2 Å². The van der Waals surface area contributed by atoms with Crippen LogP contribution in [0.2, 0.25) is 0 Å². The van der Waals surface area contributed by atoms with Crippen LogP contribution in [-0.4, -0.2) is 79.5 Å². The summed E-state index contributed by atoms with van der Waals surface area (Å²) >= 11 is 0. The molecule has 2 aliphatic heterocycles. The van der Waals surface area contributed by atoms with Gasteiger partial charge in [-0.2, -0.15) is 0 Å². The van der Waals surface area contributed by atoms with Gasteiger partial charge in [0.25, 0.3) is 5.69 Å². The predicted octanol–water partition coefficient (Wildman–Crippen LogP) is 1.88. The summed E-state index contributed by atoms with van der Waals surface area (Å²) in [6.07, 6.45) is 5.68. The number of piperazine rings is 1. The number of anilines is 1. The van der Waals surface area contributed by atoms with Crippen molar-refractivity contribution in [1.82, 2.24) is 15.1 Å². The molecule has 1 saturated carbocycles. The van der Waals surface area contributed by atoms with E-state index < -0.39 is 0 Å². The van der Waals surface area contributed by atoms with Crippen LogP contribution < -0.4 is 10.2 Å². The maximum absolute atomic E-state index is 13.2. The van der Waals surface area contributed by atoms with Gasteiger partial charge >= 0.3 is 0 Å². The molecule has 0 radical (unpaired) electrons. The summed E-state index contributed by atoms with van der Waals surface area (Å²) in [6, 6.07) is 5.90. The van der Waals surface area contributed by atoms with Gasteiger partial charge in [0.15, 0.2) is 0 Å². The fourth-order valence-corrected chi connectivity index (χ4v) is 5.38. The Labute approximate surface area is 178 Å². The summed E-state index contributed by atoms with van der Waals surface area (Å²) in [6.45, 7) is 4.17. The molecule has 1 saturated heterocycles. The number of carbonyl (C=O) groups is 1. The van der Waals surface area contributed by atoms with E-state index >= 15 is 0 Å². The van der Waals surface area contributed by atoms with Gasteiger partial charge in [0.05, 0.1) is 16.9 Å². The zero-order valence-electron chi connectivity index (χ0n) is 18.0. The van der Waals surface area contributed by atoms with E-state index in [0.29, 0.717) is 19.0 Å². The zero-order chi connectivity index (χ0) is 21.3. The van der Waals surface area contributed by atoms with Gasteiger partial charge in [0.2, 0.25) is 5.91 Å². The minimum atomic E-state index is -0.351. The molecular formula is C22H33N5O3. The van der Waals surface area contributed by atoms with E-state index in [0.717, 1.165) is 37.4 Å². The first-order valence-electron chi connectivity index (χ1n) is 11.1. The van der Waals surface area contributed by atoms with Crippen molar-refractivity contribution in [3.05, 3.63) is 33.9 Å². The third-order valence-electron chi connectivity index (χ3n) is 6.97. The Hall–Kier alpha value is -2.19. The lowest BCUT2D eigenvalue weighted by molar-refractivity contribution is -0.384. The Bertz CT molecular complexity index is 793. The molecule has 4 rings (SSSR count). The number of carbonyl (C=O) groups excluding carboxylic acids is 1. The van der Waals surface area contributed by atoms with Crippen LogP contribution in [0, 0.1) is 16.0 Å². The number of likely N-dealkylation sites (N-methyl/N-ethyl adjacent to an activating group) is 1. The van der Waals surface area contributed by atoms with Crippen LogP contribution in [0.25, 0.3) is 0 Å². The molecule has 0 spiro atoms. The van der Waals surface area contributed by atoms with Crippen LogP contribution in [0.3, 0.4) is 0 Å². The van der Waals surface area contributed by atoms with Crippen LogP contribution in [0.15, 0.2) is 18.2 Å². The third-order valence-corrected chi connectivity index (χ3v) is 6.97. The van der Waals surface area contributed by atoms with E-state index in [4.69, 9.17) is 0 Å². The van der Waals surface area contributed by atoms with Crippen molar-refractivity contribution in [3.63, 3.8) is 0 Å². The average Bonchev–Trinajstić information content (AvgIpc) is 3.26. The molecule has 164 valence electrons. The average molecular weight is 416 g/mol. The van der Waals surface area contributed by atoms with E-state index in [-0.39, 0.29) is 28.5 Å². The molecule has 0 aromatic heterocycles. The van der Waals surface area contributed by atoms with Gasteiger partial charge in [0, 0.05) is 56.6 Å². The Morgan fingerprint density at radius 2 is 2.03 bits per heavy atom. The molecule has 1 amide bonds. The fraction of sp³-hybridized carbons (Fsp3) is 0.682. The van der Waals surface area contributed by atoms with Gasteiger partial charge in [-0.3, -0.25) is 19.8 Å². The van der Waals surface area contributed by atoms with Crippen molar-refractivity contribution in [2.24, 2.45) is 5.92 Å². The van der Waals surface area contributed by atoms with Crippen molar-refractivity contribution in [2.75, 3.05) is 51.7 Å². The van der Waals surface area contributed by atoms with Crippen molar-refractivity contribution in [2.45, 2.75) is 44.2 Å². The summed E-state index contributed by atoms with van der Waals surface area (Å²) in [5.41, 5.74) is 2.08. The summed E-state index contributed by atoms with van der Waals surface area (Å²) < 4.78 is 0. The van der Waals surface area contributed by atoms with E-state index in [1.165, 1.54) is 25.7 Å². The second-order valence-electron chi connectivity index (χ2n) is 9.17. The van der Waals surface area contributed by atoms with E-state index in [2.05, 4.69) is 20.0 Å². The van der Waals surface area contributed by atoms with E-state index in [1.807, 2.05) is 20.2 Å².